The van der Waals surface area contributed by atoms with Crippen LogP contribution in [0.25, 0.3) is 11.7 Å². The topological polar surface area (TPSA) is 70.0 Å². The molecule has 1 saturated carbocycles. The molecule has 7 nitrogen and oxygen atoms in total. The number of amides is 2. The van der Waals surface area contributed by atoms with Crippen LogP contribution >= 0.6 is 11.6 Å². The fourth-order valence-corrected chi connectivity index (χ4v) is 3.46. The largest absolute Gasteiger partial charge is 0.352 e. The van der Waals surface area contributed by atoms with E-state index in [-0.39, 0.29) is 11.8 Å². The minimum Gasteiger partial charge on any atom is -0.352 e. The molecule has 1 saturated heterocycles. The van der Waals surface area contributed by atoms with Gasteiger partial charge >= 0.3 is 0 Å². The number of aromatic nitrogens is 2. The number of nitrogens with zero attached hydrogens (tertiary/aromatic N) is 4. The Bertz CT molecular complexity index is 881. The summed E-state index contributed by atoms with van der Waals surface area (Å²) in [6.45, 7) is 3.04. The average Bonchev–Trinajstić information content (AvgIpc) is 3.41. The zero-order valence-corrected chi connectivity index (χ0v) is 15.7. The molecule has 4 rings (SSSR count). The number of carbonyl (C=O) groups is 2. The van der Waals surface area contributed by atoms with Gasteiger partial charge in [-0.15, -0.1) is 0 Å². The molecule has 2 aromatic heterocycles. The summed E-state index contributed by atoms with van der Waals surface area (Å²) in [6.07, 6.45) is 7.30. The molecule has 0 atom stereocenters. The molecule has 8 heteroatoms. The van der Waals surface area contributed by atoms with Gasteiger partial charge in [-0.25, -0.2) is 4.98 Å². The van der Waals surface area contributed by atoms with Crippen LogP contribution in [0.2, 0.25) is 5.15 Å². The van der Waals surface area contributed by atoms with Crippen LogP contribution in [0.1, 0.15) is 18.5 Å². The van der Waals surface area contributed by atoms with E-state index >= 15 is 0 Å². The predicted molar refractivity (Wildman–Crippen MR) is 103 cm³/mol. The van der Waals surface area contributed by atoms with Gasteiger partial charge in [0.25, 0.3) is 0 Å². The highest BCUT2D eigenvalue weighted by Crippen LogP contribution is 2.19. The summed E-state index contributed by atoms with van der Waals surface area (Å²) in [5.41, 5.74) is 1.43. The lowest BCUT2D eigenvalue weighted by molar-refractivity contribution is -0.128. The van der Waals surface area contributed by atoms with Crippen LogP contribution in [0, 0.1) is 0 Å². The fourth-order valence-electron chi connectivity index (χ4n) is 3.22. The number of halogens is 1. The van der Waals surface area contributed by atoms with Crippen LogP contribution in [-0.4, -0.2) is 69.8 Å². The highest BCUT2D eigenvalue weighted by molar-refractivity contribution is 6.31. The van der Waals surface area contributed by atoms with Crippen LogP contribution in [0.5, 0.6) is 0 Å². The second-order valence-corrected chi connectivity index (χ2v) is 7.35. The highest BCUT2D eigenvalue weighted by Gasteiger charge is 2.26. The van der Waals surface area contributed by atoms with Gasteiger partial charge in [0, 0.05) is 44.5 Å². The second-order valence-electron chi connectivity index (χ2n) is 6.99. The number of pyridine rings is 1. The summed E-state index contributed by atoms with van der Waals surface area (Å²) in [5, 5.41) is 3.37. The van der Waals surface area contributed by atoms with E-state index in [1.54, 1.807) is 11.0 Å². The lowest BCUT2D eigenvalue weighted by atomic mass is 10.3. The third-order valence-corrected chi connectivity index (χ3v) is 5.18. The van der Waals surface area contributed by atoms with Crippen molar-refractivity contribution in [3.63, 3.8) is 0 Å². The van der Waals surface area contributed by atoms with Crippen LogP contribution in [0.3, 0.4) is 0 Å². The Morgan fingerprint density at radius 3 is 2.74 bits per heavy atom. The first-order chi connectivity index (χ1) is 13.1. The number of nitrogens with one attached hydrogen (secondary N) is 1. The normalized spacial score (nSPS) is 18.3. The molecule has 2 fully saturated rings. The molecule has 1 N–H and O–H groups in total. The zero-order valence-electron chi connectivity index (χ0n) is 15.0. The fraction of sp³-hybridized carbons (Fsp3) is 0.421. The van der Waals surface area contributed by atoms with Gasteiger partial charge in [0.1, 0.15) is 5.65 Å². The second kappa shape index (κ2) is 7.70. The summed E-state index contributed by atoms with van der Waals surface area (Å²) in [6, 6.07) is 6.03. The zero-order chi connectivity index (χ0) is 18.8. The van der Waals surface area contributed by atoms with Crippen LogP contribution in [0.15, 0.2) is 30.5 Å². The first-order valence-electron chi connectivity index (χ1n) is 9.21. The van der Waals surface area contributed by atoms with E-state index < -0.39 is 0 Å². The quantitative estimate of drug-likeness (QED) is 0.788. The van der Waals surface area contributed by atoms with Gasteiger partial charge in [-0.2, -0.15) is 0 Å². The molecular weight excluding hydrogens is 366 g/mol. The van der Waals surface area contributed by atoms with Crippen LogP contribution < -0.4 is 5.32 Å². The molecular formula is C19H22ClN5O2. The summed E-state index contributed by atoms with van der Waals surface area (Å²) >= 11 is 6.19. The third kappa shape index (κ3) is 4.31. The number of hydrogen-bond donors (Lipinski definition) is 1. The molecule has 2 amide bonds. The molecule has 3 heterocycles. The Balaban J connectivity index is 1.32. The number of piperazine rings is 1. The van der Waals surface area contributed by atoms with Crippen molar-refractivity contribution in [2.75, 3.05) is 32.7 Å². The lowest BCUT2D eigenvalue weighted by Crippen LogP contribution is -2.51. The number of carbonyl (C=O) groups excluding carboxylic acids is 2. The summed E-state index contributed by atoms with van der Waals surface area (Å²) in [4.78, 5) is 32.5. The van der Waals surface area contributed by atoms with Crippen molar-refractivity contribution in [2.45, 2.75) is 18.9 Å². The third-order valence-electron chi connectivity index (χ3n) is 4.90. The van der Waals surface area contributed by atoms with Gasteiger partial charge in [-0.1, -0.05) is 17.7 Å². The number of fused-ring (bicyclic) bond motifs is 1. The minimum absolute atomic E-state index is 0.0565. The van der Waals surface area contributed by atoms with E-state index in [1.165, 1.54) is 6.08 Å². The maximum Gasteiger partial charge on any atom is 0.246 e. The number of hydrogen-bond acceptors (Lipinski definition) is 4. The van der Waals surface area contributed by atoms with Gasteiger partial charge in [0.2, 0.25) is 11.8 Å². The molecule has 2 aliphatic rings. The van der Waals surface area contributed by atoms with E-state index in [2.05, 4.69) is 15.2 Å². The molecule has 1 aliphatic carbocycles. The molecule has 2 aromatic rings. The summed E-state index contributed by atoms with van der Waals surface area (Å²) in [5.74, 6) is 0.0263. The van der Waals surface area contributed by atoms with Gasteiger partial charge in [-0.05, 0) is 31.1 Å². The standard InChI is InChI=1S/C19H22ClN5O2/c20-19-15(25-8-2-1-3-16(25)22-19)6-7-18(27)24-11-9-23(10-12-24)13-17(26)21-14-4-5-14/h1-3,6-8,14H,4-5,9-13H2,(H,21,26)/b7-6+. The van der Waals surface area contributed by atoms with E-state index in [0.717, 1.165) is 18.5 Å². The van der Waals surface area contributed by atoms with Crippen molar-refractivity contribution in [1.82, 2.24) is 24.5 Å². The lowest BCUT2D eigenvalue weighted by Gasteiger charge is -2.33. The molecule has 0 bridgehead atoms. The Hall–Kier alpha value is -2.38. The van der Waals surface area contributed by atoms with E-state index in [4.69, 9.17) is 11.6 Å². The Morgan fingerprint density at radius 1 is 1.22 bits per heavy atom. The smallest absolute Gasteiger partial charge is 0.246 e. The van der Waals surface area contributed by atoms with Crippen molar-refractivity contribution in [1.29, 1.82) is 0 Å². The number of rotatable bonds is 5. The van der Waals surface area contributed by atoms with E-state index in [0.29, 0.717) is 49.6 Å². The van der Waals surface area contributed by atoms with Gasteiger partial charge in [0.15, 0.2) is 5.15 Å². The summed E-state index contributed by atoms with van der Waals surface area (Å²) in [7, 11) is 0. The molecule has 0 unspecified atom stereocenters. The number of imidazole rings is 1. The first kappa shape index (κ1) is 18.0. The summed E-state index contributed by atoms with van der Waals surface area (Å²) < 4.78 is 1.85. The monoisotopic (exact) mass is 387 g/mol. The Morgan fingerprint density at radius 2 is 2.00 bits per heavy atom. The molecule has 0 spiro atoms. The maximum atomic E-state index is 12.5. The van der Waals surface area contributed by atoms with Crippen molar-refractivity contribution in [3.05, 3.63) is 41.3 Å². The molecule has 0 aromatic carbocycles. The van der Waals surface area contributed by atoms with Gasteiger partial charge < -0.3 is 10.2 Å². The Labute approximate surface area is 162 Å². The SMILES string of the molecule is O=C(CN1CCN(C(=O)/C=C/c2c(Cl)nc3ccccn23)CC1)NC1CC1. The van der Waals surface area contributed by atoms with Gasteiger partial charge in [-0.3, -0.25) is 18.9 Å². The van der Waals surface area contributed by atoms with E-state index in [1.807, 2.05) is 28.8 Å². The maximum absolute atomic E-state index is 12.5. The van der Waals surface area contributed by atoms with E-state index in [9.17, 15) is 9.59 Å². The highest BCUT2D eigenvalue weighted by atomic mass is 35.5. The van der Waals surface area contributed by atoms with Crippen molar-refractivity contribution < 1.29 is 9.59 Å². The van der Waals surface area contributed by atoms with Crippen molar-refractivity contribution in [2.24, 2.45) is 0 Å². The first-order valence-corrected chi connectivity index (χ1v) is 9.59. The Kier molecular flexibility index (Phi) is 5.13. The minimum atomic E-state index is -0.0565. The molecule has 27 heavy (non-hydrogen) atoms. The van der Waals surface area contributed by atoms with Gasteiger partial charge in [0.05, 0.1) is 12.2 Å². The average molecular weight is 388 g/mol. The molecule has 142 valence electrons. The van der Waals surface area contributed by atoms with Crippen molar-refractivity contribution >= 4 is 35.1 Å². The van der Waals surface area contributed by atoms with Crippen molar-refractivity contribution in [3.8, 4) is 0 Å². The predicted octanol–water partition coefficient (Wildman–Crippen LogP) is 1.42. The molecule has 1 aliphatic heterocycles. The van der Waals surface area contributed by atoms with Crippen LogP contribution in [0.4, 0.5) is 0 Å². The van der Waals surface area contributed by atoms with Crippen LogP contribution in [-0.2, 0) is 9.59 Å². The molecule has 0 radical (unpaired) electrons.